The third-order valence-electron chi connectivity index (χ3n) is 2.20. The van der Waals surface area contributed by atoms with Gasteiger partial charge in [-0.2, -0.15) is 13.2 Å². The van der Waals surface area contributed by atoms with Crippen LogP contribution < -0.4 is 0 Å². The van der Waals surface area contributed by atoms with Crippen LogP contribution in [0.2, 0.25) is 0 Å². The van der Waals surface area contributed by atoms with Gasteiger partial charge in [-0.25, -0.2) is 9.18 Å². The zero-order chi connectivity index (χ0) is 12.6. The normalized spacial score (nSPS) is 15.6. The molecule has 6 heteroatoms. The van der Waals surface area contributed by atoms with E-state index >= 15 is 0 Å². The highest BCUT2D eigenvalue weighted by atomic mass is 19.4. The molecule has 2 nitrogen and oxygen atoms in total. The van der Waals surface area contributed by atoms with Crippen LogP contribution in [0.4, 0.5) is 17.6 Å². The molecule has 0 bridgehead atoms. The first-order valence-corrected chi connectivity index (χ1v) is 4.26. The van der Waals surface area contributed by atoms with Gasteiger partial charge in [0.1, 0.15) is 0 Å². The summed E-state index contributed by atoms with van der Waals surface area (Å²) in [6, 6.07) is 4.14. The third-order valence-corrected chi connectivity index (χ3v) is 2.20. The average molecular weight is 236 g/mol. The van der Waals surface area contributed by atoms with Crippen molar-refractivity contribution >= 4 is 5.97 Å². The molecule has 0 amide bonds. The van der Waals surface area contributed by atoms with E-state index in [-0.39, 0.29) is 0 Å². The third kappa shape index (κ3) is 2.00. The zero-order valence-electron chi connectivity index (χ0n) is 8.18. The molecule has 1 unspecified atom stereocenters. The van der Waals surface area contributed by atoms with E-state index in [1.54, 1.807) is 0 Å². The molecule has 0 aromatic heterocycles. The van der Waals surface area contributed by atoms with Gasteiger partial charge in [0.05, 0.1) is 5.56 Å². The first-order valence-electron chi connectivity index (χ1n) is 4.26. The lowest BCUT2D eigenvalue weighted by Gasteiger charge is -2.25. The lowest BCUT2D eigenvalue weighted by Crippen LogP contribution is -2.36. The van der Waals surface area contributed by atoms with Crippen LogP contribution in [0.25, 0.3) is 0 Å². The molecule has 0 aliphatic rings. The molecular formula is C10H8F4O2. The fourth-order valence-corrected chi connectivity index (χ4v) is 1.23. The Morgan fingerprint density at radius 2 is 1.69 bits per heavy atom. The van der Waals surface area contributed by atoms with Crippen molar-refractivity contribution in [2.24, 2.45) is 0 Å². The summed E-state index contributed by atoms with van der Waals surface area (Å²) in [6.45, 7) is 0.300. The second-order valence-electron chi connectivity index (χ2n) is 3.35. The number of hydrogen-bond donors (Lipinski definition) is 1. The Hall–Kier alpha value is -1.59. The van der Waals surface area contributed by atoms with Gasteiger partial charge in [-0.3, -0.25) is 0 Å². The van der Waals surface area contributed by atoms with E-state index in [0.29, 0.717) is 6.92 Å². The maximum Gasteiger partial charge on any atom is 0.426 e. The van der Waals surface area contributed by atoms with E-state index in [2.05, 4.69) is 0 Å². The smallest absolute Gasteiger partial charge is 0.426 e. The number of rotatable bonds is 2. The molecule has 0 radical (unpaired) electrons. The summed E-state index contributed by atoms with van der Waals surface area (Å²) in [5.74, 6) is -1.59. The number of aromatic carboxylic acids is 1. The number of alkyl halides is 4. The lowest BCUT2D eigenvalue weighted by atomic mass is 9.92. The summed E-state index contributed by atoms with van der Waals surface area (Å²) < 4.78 is 50.7. The molecule has 16 heavy (non-hydrogen) atoms. The summed E-state index contributed by atoms with van der Waals surface area (Å²) in [4.78, 5) is 10.7. The van der Waals surface area contributed by atoms with Crippen LogP contribution in [0.3, 0.4) is 0 Å². The highest BCUT2D eigenvalue weighted by molar-refractivity contribution is 5.89. The van der Waals surface area contributed by atoms with Crippen LogP contribution in [0.15, 0.2) is 24.3 Å². The minimum atomic E-state index is -5.15. The summed E-state index contributed by atoms with van der Waals surface area (Å²) in [5.41, 5.74) is -5.26. The van der Waals surface area contributed by atoms with Gasteiger partial charge < -0.3 is 5.11 Å². The average Bonchev–Trinajstić information content (AvgIpc) is 2.16. The molecule has 0 fully saturated rings. The number of carbonyl (C=O) groups is 1. The zero-order valence-corrected chi connectivity index (χ0v) is 8.18. The van der Waals surface area contributed by atoms with Gasteiger partial charge in [-0.05, 0) is 13.0 Å². The summed E-state index contributed by atoms with van der Waals surface area (Å²) in [5, 5.41) is 8.66. The fraction of sp³-hybridized carbons (Fsp3) is 0.300. The van der Waals surface area contributed by atoms with E-state index < -0.39 is 28.9 Å². The monoisotopic (exact) mass is 236 g/mol. The largest absolute Gasteiger partial charge is 0.478 e. The number of carboxylic acid groups (broad SMARTS) is 1. The second-order valence-corrected chi connectivity index (χ2v) is 3.35. The van der Waals surface area contributed by atoms with Crippen molar-refractivity contribution in [2.75, 3.05) is 0 Å². The number of carboxylic acids is 1. The van der Waals surface area contributed by atoms with E-state index in [4.69, 9.17) is 5.11 Å². The second kappa shape index (κ2) is 3.77. The van der Waals surface area contributed by atoms with Crippen LogP contribution >= 0.6 is 0 Å². The number of halogens is 4. The molecule has 1 aromatic rings. The fourth-order valence-electron chi connectivity index (χ4n) is 1.23. The van der Waals surface area contributed by atoms with Crippen molar-refractivity contribution in [1.29, 1.82) is 0 Å². The summed E-state index contributed by atoms with van der Waals surface area (Å²) >= 11 is 0. The van der Waals surface area contributed by atoms with Crippen molar-refractivity contribution in [1.82, 2.24) is 0 Å². The lowest BCUT2D eigenvalue weighted by molar-refractivity contribution is -0.228. The Balaban J connectivity index is 3.39. The van der Waals surface area contributed by atoms with Crippen LogP contribution in [-0.2, 0) is 5.67 Å². The van der Waals surface area contributed by atoms with E-state index in [9.17, 15) is 22.4 Å². The van der Waals surface area contributed by atoms with Crippen molar-refractivity contribution in [2.45, 2.75) is 18.8 Å². The van der Waals surface area contributed by atoms with Crippen molar-refractivity contribution in [3.05, 3.63) is 35.4 Å². The van der Waals surface area contributed by atoms with Gasteiger partial charge in [0.2, 0.25) is 5.67 Å². The van der Waals surface area contributed by atoms with Gasteiger partial charge in [0.25, 0.3) is 0 Å². The summed E-state index contributed by atoms with van der Waals surface area (Å²) in [7, 11) is 0. The van der Waals surface area contributed by atoms with Crippen molar-refractivity contribution in [3.63, 3.8) is 0 Å². The van der Waals surface area contributed by atoms with Gasteiger partial charge >= 0.3 is 12.1 Å². The Morgan fingerprint density at radius 3 is 2.12 bits per heavy atom. The Labute approximate surface area is 88.5 Å². The molecular weight excluding hydrogens is 228 g/mol. The Bertz CT molecular complexity index is 410. The van der Waals surface area contributed by atoms with Crippen LogP contribution in [0, 0.1) is 0 Å². The predicted molar refractivity (Wildman–Crippen MR) is 47.9 cm³/mol. The highest BCUT2D eigenvalue weighted by Gasteiger charge is 2.54. The Kier molecular flexibility index (Phi) is 2.94. The topological polar surface area (TPSA) is 37.3 Å². The van der Waals surface area contributed by atoms with Crippen LogP contribution in [0.5, 0.6) is 0 Å². The maximum atomic E-state index is 13.6. The molecule has 0 spiro atoms. The van der Waals surface area contributed by atoms with Gasteiger partial charge in [0.15, 0.2) is 0 Å². The first-order chi connectivity index (χ1) is 7.18. The van der Waals surface area contributed by atoms with E-state index in [1.165, 1.54) is 6.07 Å². The van der Waals surface area contributed by atoms with Crippen LogP contribution in [0.1, 0.15) is 22.8 Å². The maximum absolute atomic E-state index is 13.6. The molecule has 0 aliphatic heterocycles. The number of hydrogen-bond acceptors (Lipinski definition) is 1. The molecule has 1 atom stereocenters. The molecule has 88 valence electrons. The highest BCUT2D eigenvalue weighted by Crippen LogP contribution is 2.43. The van der Waals surface area contributed by atoms with Crippen LogP contribution in [-0.4, -0.2) is 17.3 Å². The standard InChI is InChI=1S/C10H8F4O2/c1-9(11,10(12,13)14)7-5-3-2-4-6(7)8(15)16/h2-5H,1H3,(H,15,16). The molecule has 1 aromatic carbocycles. The van der Waals surface area contributed by atoms with Gasteiger partial charge in [-0.15, -0.1) is 0 Å². The quantitative estimate of drug-likeness (QED) is 0.801. The minimum Gasteiger partial charge on any atom is -0.478 e. The SMILES string of the molecule is CC(F)(c1ccccc1C(=O)O)C(F)(F)F. The molecule has 0 heterocycles. The van der Waals surface area contributed by atoms with Crippen molar-refractivity contribution in [3.8, 4) is 0 Å². The van der Waals surface area contributed by atoms with Gasteiger partial charge in [-0.1, -0.05) is 18.2 Å². The molecule has 0 aliphatic carbocycles. The molecule has 1 N–H and O–H groups in total. The van der Waals surface area contributed by atoms with E-state index in [1.807, 2.05) is 0 Å². The molecule has 0 saturated heterocycles. The number of benzene rings is 1. The summed E-state index contributed by atoms with van der Waals surface area (Å²) in [6.07, 6.45) is -5.15. The molecule has 1 rings (SSSR count). The predicted octanol–water partition coefficient (Wildman–Crippen LogP) is 3.13. The first kappa shape index (κ1) is 12.5. The van der Waals surface area contributed by atoms with Crippen molar-refractivity contribution < 1.29 is 27.5 Å². The Morgan fingerprint density at radius 1 is 1.19 bits per heavy atom. The molecule has 0 saturated carbocycles. The van der Waals surface area contributed by atoms with Gasteiger partial charge in [0, 0.05) is 5.56 Å². The minimum absolute atomic E-state index is 0.300. The van der Waals surface area contributed by atoms with E-state index in [0.717, 1.165) is 18.2 Å².